The largest absolute Gasteiger partial charge is 0.393 e. The molecular weight excluding hydrogens is 124 g/mol. The van der Waals surface area contributed by atoms with Gasteiger partial charge in [0, 0.05) is 0 Å². The number of fused-ring (bicyclic) bond motifs is 4. The van der Waals surface area contributed by atoms with Gasteiger partial charge in [-0.15, -0.1) is 0 Å². The van der Waals surface area contributed by atoms with E-state index in [2.05, 4.69) is 0 Å². The van der Waals surface area contributed by atoms with Crippen LogP contribution in [0.1, 0.15) is 38.5 Å². The number of hydrogen-bond donors (Lipinski definition) is 1. The molecule has 1 nitrogen and oxygen atoms in total. The second kappa shape index (κ2) is 2.54. The number of aliphatic hydroxyl groups excluding tert-OH is 1. The van der Waals surface area contributed by atoms with Gasteiger partial charge in [0.2, 0.25) is 0 Å². The Balaban J connectivity index is 2.07. The summed E-state index contributed by atoms with van der Waals surface area (Å²) >= 11 is 0. The maximum absolute atomic E-state index is 9.58. The lowest BCUT2D eigenvalue weighted by atomic mass is 9.82. The zero-order valence-corrected chi connectivity index (χ0v) is 6.42. The molecule has 0 aliphatic heterocycles. The maximum atomic E-state index is 9.58. The van der Waals surface area contributed by atoms with Gasteiger partial charge in [0.05, 0.1) is 6.10 Å². The minimum atomic E-state index is 0.0567. The summed E-state index contributed by atoms with van der Waals surface area (Å²) in [5.41, 5.74) is 0. The third-order valence-electron chi connectivity index (χ3n) is 3.25. The molecular formula is C9H16O. The molecule has 3 atom stereocenters. The summed E-state index contributed by atoms with van der Waals surface area (Å²) in [6.07, 6.45) is 7.89. The van der Waals surface area contributed by atoms with Crippen molar-refractivity contribution in [3.63, 3.8) is 0 Å². The molecule has 3 aliphatic rings. The number of aliphatic hydroxyl groups is 1. The van der Waals surface area contributed by atoms with Gasteiger partial charge < -0.3 is 5.11 Å². The van der Waals surface area contributed by atoms with E-state index in [4.69, 9.17) is 0 Å². The molecule has 1 heteroatoms. The van der Waals surface area contributed by atoms with Crippen molar-refractivity contribution >= 4 is 0 Å². The molecule has 3 aliphatic carbocycles. The zero-order valence-electron chi connectivity index (χ0n) is 6.42. The fraction of sp³-hybridized carbons (Fsp3) is 1.00. The van der Waals surface area contributed by atoms with E-state index in [0.717, 1.165) is 12.3 Å². The van der Waals surface area contributed by atoms with E-state index in [1.807, 2.05) is 0 Å². The number of hydrogen-bond acceptors (Lipinski definition) is 1. The highest BCUT2D eigenvalue weighted by molar-refractivity contribution is 4.83. The molecule has 0 spiro atoms. The average molecular weight is 140 g/mol. The van der Waals surface area contributed by atoms with Crippen molar-refractivity contribution in [2.24, 2.45) is 11.8 Å². The van der Waals surface area contributed by atoms with Crippen molar-refractivity contribution in [3.8, 4) is 0 Å². The SMILES string of the molecule is O[C@H]1C[C@H]2CCC[C@@H]1CC2. The van der Waals surface area contributed by atoms with Crippen molar-refractivity contribution < 1.29 is 5.11 Å². The van der Waals surface area contributed by atoms with E-state index in [1.165, 1.54) is 32.1 Å². The first kappa shape index (κ1) is 6.66. The fourth-order valence-corrected chi connectivity index (χ4v) is 2.56. The van der Waals surface area contributed by atoms with Crippen LogP contribution >= 0.6 is 0 Å². The smallest absolute Gasteiger partial charge is 0.0571 e. The van der Waals surface area contributed by atoms with Crippen molar-refractivity contribution in [2.45, 2.75) is 44.6 Å². The molecule has 0 unspecified atom stereocenters. The lowest BCUT2D eigenvalue weighted by Gasteiger charge is -2.28. The maximum Gasteiger partial charge on any atom is 0.0571 e. The first-order chi connectivity index (χ1) is 4.86. The summed E-state index contributed by atoms with van der Waals surface area (Å²) in [4.78, 5) is 0. The van der Waals surface area contributed by atoms with Crippen LogP contribution in [0.3, 0.4) is 0 Å². The zero-order chi connectivity index (χ0) is 6.97. The molecule has 0 saturated heterocycles. The summed E-state index contributed by atoms with van der Waals surface area (Å²) in [5.74, 6) is 1.53. The van der Waals surface area contributed by atoms with Gasteiger partial charge in [-0.25, -0.2) is 0 Å². The van der Waals surface area contributed by atoms with Crippen LogP contribution in [-0.4, -0.2) is 11.2 Å². The van der Waals surface area contributed by atoms with Crippen LogP contribution in [0.25, 0.3) is 0 Å². The molecule has 2 bridgehead atoms. The van der Waals surface area contributed by atoms with Crippen molar-refractivity contribution in [1.82, 2.24) is 0 Å². The van der Waals surface area contributed by atoms with Gasteiger partial charge in [0.25, 0.3) is 0 Å². The Hall–Kier alpha value is -0.0400. The minimum Gasteiger partial charge on any atom is -0.393 e. The molecule has 0 radical (unpaired) electrons. The molecule has 3 rings (SSSR count). The Morgan fingerprint density at radius 1 is 1.00 bits per heavy atom. The molecule has 1 N–H and O–H groups in total. The van der Waals surface area contributed by atoms with Crippen LogP contribution in [0, 0.1) is 11.8 Å². The molecule has 3 saturated carbocycles. The summed E-state index contributed by atoms with van der Waals surface area (Å²) in [6.45, 7) is 0. The Morgan fingerprint density at radius 2 is 1.90 bits per heavy atom. The predicted molar refractivity (Wildman–Crippen MR) is 40.7 cm³/mol. The summed E-state index contributed by atoms with van der Waals surface area (Å²) in [5, 5.41) is 9.58. The van der Waals surface area contributed by atoms with Crippen LogP contribution in [0.15, 0.2) is 0 Å². The predicted octanol–water partition coefficient (Wildman–Crippen LogP) is 1.95. The molecule has 0 aromatic rings. The van der Waals surface area contributed by atoms with E-state index in [0.29, 0.717) is 5.92 Å². The van der Waals surface area contributed by atoms with Crippen molar-refractivity contribution in [1.29, 1.82) is 0 Å². The highest BCUT2D eigenvalue weighted by Crippen LogP contribution is 2.38. The molecule has 10 heavy (non-hydrogen) atoms. The third kappa shape index (κ3) is 1.07. The van der Waals surface area contributed by atoms with Gasteiger partial charge in [0.1, 0.15) is 0 Å². The van der Waals surface area contributed by atoms with Gasteiger partial charge in [-0.2, -0.15) is 0 Å². The Labute approximate surface area is 62.4 Å². The first-order valence-corrected chi connectivity index (χ1v) is 4.54. The van der Waals surface area contributed by atoms with E-state index >= 15 is 0 Å². The van der Waals surface area contributed by atoms with E-state index in [9.17, 15) is 5.11 Å². The van der Waals surface area contributed by atoms with E-state index < -0.39 is 0 Å². The average Bonchev–Trinajstić information content (AvgIpc) is 2.20. The summed E-state index contributed by atoms with van der Waals surface area (Å²) in [6, 6.07) is 0. The van der Waals surface area contributed by atoms with Crippen molar-refractivity contribution in [3.05, 3.63) is 0 Å². The summed E-state index contributed by atoms with van der Waals surface area (Å²) in [7, 11) is 0. The number of rotatable bonds is 0. The highest BCUT2D eigenvalue weighted by atomic mass is 16.3. The van der Waals surface area contributed by atoms with Crippen LogP contribution < -0.4 is 0 Å². The topological polar surface area (TPSA) is 20.2 Å². The molecule has 0 amide bonds. The monoisotopic (exact) mass is 140 g/mol. The van der Waals surface area contributed by atoms with E-state index in [-0.39, 0.29) is 6.10 Å². The van der Waals surface area contributed by atoms with Gasteiger partial charge in [-0.1, -0.05) is 12.8 Å². The molecule has 0 heterocycles. The first-order valence-electron chi connectivity index (χ1n) is 4.54. The molecule has 0 aromatic heterocycles. The normalized spacial score (nSPS) is 47.1. The second-order valence-corrected chi connectivity index (χ2v) is 3.94. The van der Waals surface area contributed by atoms with Crippen LogP contribution in [0.2, 0.25) is 0 Å². The third-order valence-corrected chi connectivity index (χ3v) is 3.25. The Bertz CT molecular complexity index is 118. The Kier molecular flexibility index (Phi) is 1.69. The lowest BCUT2D eigenvalue weighted by Crippen LogP contribution is -2.25. The summed E-state index contributed by atoms with van der Waals surface area (Å²) < 4.78 is 0. The van der Waals surface area contributed by atoms with Crippen LogP contribution in [0.5, 0.6) is 0 Å². The lowest BCUT2D eigenvalue weighted by molar-refractivity contribution is 0.0563. The van der Waals surface area contributed by atoms with Crippen molar-refractivity contribution in [2.75, 3.05) is 0 Å². The van der Waals surface area contributed by atoms with Crippen LogP contribution in [0.4, 0.5) is 0 Å². The molecule has 0 aromatic carbocycles. The molecule has 3 fully saturated rings. The van der Waals surface area contributed by atoms with E-state index in [1.54, 1.807) is 0 Å². The minimum absolute atomic E-state index is 0.0567. The molecule has 58 valence electrons. The Morgan fingerprint density at radius 3 is 2.70 bits per heavy atom. The van der Waals surface area contributed by atoms with Gasteiger partial charge in [-0.3, -0.25) is 0 Å². The fourth-order valence-electron chi connectivity index (χ4n) is 2.56. The highest BCUT2D eigenvalue weighted by Gasteiger charge is 2.31. The van der Waals surface area contributed by atoms with Gasteiger partial charge >= 0.3 is 0 Å². The van der Waals surface area contributed by atoms with Gasteiger partial charge in [-0.05, 0) is 37.5 Å². The standard InChI is InChI=1S/C9H16O/c10-9-6-7-2-1-3-8(9)5-4-7/h7-10H,1-6H2/t7-,8+,9-/m0/s1. The quantitative estimate of drug-likeness (QED) is 0.545. The van der Waals surface area contributed by atoms with Crippen LogP contribution in [-0.2, 0) is 0 Å². The second-order valence-electron chi connectivity index (χ2n) is 3.94. The van der Waals surface area contributed by atoms with Gasteiger partial charge in [0.15, 0.2) is 0 Å².